The summed E-state index contributed by atoms with van der Waals surface area (Å²) < 4.78 is 0. The van der Waals surface area contributed by atoms with Gasteiger partial charge in [-0.15, -0.1) is 0 Å². The third kappa shape index (κ3) is 3.48. The minimum atomic E-state index is -0.349. The minimum absolute atomic E-state index is 0.216. The van der Waals surface area contributed by atoms with Crippen molar-refractivity contribution in [1.29, 1.82) is 0 Å². The number of amides is 2. The van der Waals surface area contributed by atoms with Crippen LogP contribution >= 0.6 is 11.6 Å². The van der Waals surface area contributed by atoms with Crippen molar-refractivity contribution in [2.75, 3.05) is 0 Å². The van der Waals surface area contributed by atoms with Gasteiger partial charge in [-0.25, -0.2) is 0 Å². The summed E-state index contributed by atoms with van der Waals surface area (Å²) in [7, 11) is 0. The largest absolute Gasteiger partial charge is 0.369 e. The molecule has 3 N–H and O–H groups in total. The number of halogens is 1. The molecule has 0 unspecified atom stereocenters. The molecule has 0 radical (unpaired) electrons. The lowest BCUT2D eigenvalue weighted by atomic mass is 9.94. The van der Waals surface area contributed by atoms with E-state index in [1.165, 1.54) is 12.4 Å². The van der Waals surface area contributed by atoms with Crippen LogP contribution in [0.1, 0.15) is 42.5 Å². The highest BCUT2D eigenvalue weighted by Crippen LogP contribution is 2.24. The first-order valence-electron chi connectivity index (χ1n) is 6.79. The molecule has 108 valence electrons. The molecule has 0 bridgehead atoms. The van der Waals surface area contributed by atoms with E-state index in [9.17, 15) is 9.59 Å². The molecule has 2 amide bonds. The monoisotopic (exact) mass is 295 g/mol. The summed E-state index contributed by atoms with van der Waals surface area (Å²) in [5, 5.41) is 3.20. The van der Waals surface area contributed by atoms with Crippen LogP contribution in [0.4, 0.5) is 0 Å². The normalized spacial score (nSPS) is 22.9. The fraction of sp³-hybridized carbons (Fsp3) is 0.500. The van der Waals surface area contributed by atoms with Gasteiger partial charge in [0.15, 0.2) is 0 Å². The molecule has 0 aromatic carbocycles. The van der Waals surface area contributed by atoms with Crippen LogP contribution in [0, 0.1) is 5.92 Å². The first kappa shape index (κ1) is 14.8. The lowest BCUT2D eigenvalue weighted by Crippen LogP contribution is -2.45. The van der Waals surface area contributed by atoms with Crippen molar-refractivity contribution in [3.8, 4) is 0 Å². The van der Waals surface area contributed by atoms with E-state index in [0.29, 0.717) is 10.6 Å². The predicted molar refractivity (Wildman–Crippen MR) is 76.3 cm³/mol. The Hall–Kier alpha value is -1.62. The van der Waals surface area contributed by atoms with Gasteiger partial charge in [-0.05, 0) is 18.9 Å². The van der Waals surface area contributed by atoms with Crippen molar-refractivity contribution in [3.63, 3.8) is 0 Å². The van der Waals surface area contributed by atoms with Crippen LogP contribution in [0.25, 0.3) is 0 Å². The Morgan fingerprint density at radius 1 is 1.30 bits per heavy atom. The molecule has 1 aliphatic carbocycles. The number of primary amides is 1. The number of carbonyl (C=O) groups is 2. The molecular formula is C14H18ClN3O2. The number of hydrogen-bond acceptors (Lipinski definition) is 3. The molecule has 1 fully saturated rings. The summed E-state index contributed by atoms with van der Waals surface area (Å²) in [6.45, 7) is 0. The second kappa shape index (κ2) is 6.70. The van der Waals surface area contributed by atoms with Crippen LogP contribution in [-0.2, 0) is 4.79 Å². The van der Waals surface area contributed by atoms with E-state index in [-0.39, 0.29) is 23.8 Å². The maximum absolute atomic E-state index is 12.2. The van der Waals surface area contributed by atoms with Gasteiger partial charge in [-0.2, -0.15) is 0 Å². The molecule has 1 saturated carbocycles. The van der Waals surface area contributed by atoms with Crippen molar-refractivity contribution >= 4 is 23.4 Å². The molecule has 0 saturated heterocycles. The van der Waals surface area contributed by atoms with Crippen LogP contribution in [0.3, 0.4) is 0 Å². The molecule has 6 heteroatoms. The van der Waals surface area contributed by atoms with E-state index < -0.39 is 0 Å². The zero-order valence-corrected chi connectivity index (χ0v) is 11.9. The zero-order valence-electron chi connectivity index (χ0n) is 11.1. The van der Waals surface area contributed by atoms with E-state index >= 15 is 0 Å². The van der Waals surface area contributed by atoms with Gasteiger partial charge in [0.05, 0.1) is 16.5 Å². The van der Waals surface area contributed by atoms with Crippen LogP contribution in [-0.4, -0.2) is 22.8 Å². The summed E-state index contributed by atoms with van der Waals surface area (Å²) >= 11 is 5.95. The first-order chi connectivity index (χ1) is 9.59. The van der Waals surface area contributed by atoms with Crippen LogP contribution < -0.4 is 11.1 Å². The van der Waals surface area contributed by atoms with E-state index in [2.05, 4.69) is 10.3 Å². The van der Waals surface area contributed by atoms with Crippen molar-refractivity contribution < 1.29 is 9.59 Å². The molecule has 2 atom stereocenters. The SMILES string of the molecule is NC(=O)[C@H]1CCCCC[C@H]1NC(=O)c1ccncc1Cl. The fourth-order valence-electron chi connectivity index (χ4n) is 2.63. The molecule has 5 nitrogen and oxygen atoms in total. The molecule has 1 aromatic heterocycles. The highest BCUT2D eigenvalue weighted by Gasteiger charge is 2.29. The third-order valence-electron chi connectivity index (χ3n) is 3.71. The summed E-state index contributed by atoms with van der Waals surface area (Å²) in [6.07, 6.45) is 7.45. The van der Waals surface area contributed by atoms with Crippen molar-refractivity contribution in [2.24, 2.45) is 11.7 Å². The Morgan fingerprint density at radius 3 is 2.75 bits per heavy atom. The maximum atomic E-state index is 12.2. The van der Waals surface area contributed by atoms with Gasteiger partial charge < -0.3 is 11.1 Å². The van der Waals surface area contributed by atoms with E-state index in [4.69, 9.17) is 17.3 Å². The number of rotatable bonds is 3. The smallest absolute Gasteiger partial charge is 0.253 e. The van der Waals surface area contributed by atoms with Crippen molar-refractivity contribution in [1.82, 2.24) is 10.3 Å². The number of nitrogens with one attached hydrogen (secondary N) is 1. The van der Waals surface area contributed by atoms with Crippen LogP contribution in [0.15, 0.2) is 18.5 Å². The topological polar surface area (TPSA) is 85.1 Å². The molecule has 1 aromatic rings. The summed E-state index contributed by atoms with van der Waals surface area (Å²) in [4.78, 5) is 27.6. The highest BCUT2D eigenvalue weighted by atomic mass is 35.5. The van der Waals surface area contributed by atoms with E-state index in [1.54, 1.807) is 6.07 Å². The summed E-state index contributed by atoms with van der Waals surface area (Å²) in [5.74, 6) is -0.935. The van der Waals surface area contributed by atoms with Crippen molar-refractivity contribution in [2.45, 2.75) is 38.1 Å². The second-order valence-corrected chi connectivity index (χ2v) is 5.49. The van der Waals surface area contributed by atoms with Gasteiger partial charge in [-0.1, -0.05) is 30.9 Å². The van der Waals surface area contributed by atoms with Gasteiger partial charge in [-0.3, -0.25) is 14.6 Å². The number of aromatic nitrogens is 1. The molecule has 20 heavy (non-hydrogen) atoms. The Bertz CT molecular complexity index is 507. The minimum Gasteiger partial charge on any atom is -0.369 e. The first-order valence-corrected chi connectivity index (χ1v) is 7.17. The number of carbonyl (C=O) groups excluding carboxylic acids is 2. The predicted octanol–water partition coefficient (Wildman–Crippen LogP) is 1.90. The summed E-state index contributed by atoms with van der Waals surface area (Å²) in [6, 6.07) is 1.35. The molecule has 0 spiro atoms. The fourth-order valence-corrected chi connectivity index (χ4v) is 2.83. The van der Waals surface area contributed by atoms with E-state index in [0.717, 1.165) is 32.1 Å². The quantitative estimate of drug-likeness (QED) is 0.835. The number of nitrogens with zero attached hydrogens (tertiary/aromatic N) is 1. The Labute approximate surface area is 122 Å². The van der Waals surface area contributed by atoms with Gasteiger partial charge in [0, 0.05) is 18.4 Å². The summed E-state index contributed by atoms with van der Waals surface area (Å²) in [5.41, 5.74) is 5.81. The Balaban J connectivity index is 2.12. The maximum Gasteiger partial charge on any atom is 0.253 e. The van der Waals surface area contributed by atoms with Gasteiger partial charge in [0.25, 0.3) is 5.91 Å². The molecule has 2 rings (SSSR count). The molecule has 0 aliphatic heterocycles. The van der Waals surface area contributed by atoms with Gasteiger partial charge in [0.2, 0.25) is 5.91 Å². The standard InChI is InChI=1S/C14H18ClN3O2/c15-11-8-17-7-6-9(11)14(20)18-12-5-3-1-2-4-10(12)13(16)19/h6-8,10,12H,1-5H2,(H2,16,19)(H,18,20)/t10-,12+/m0/s1. The molecule has 1 aliphatic rings. The molecular weight excluding hydrogens is 278 g/mol. The number of nitrogens with two attached hydrogens (primary N) is 1. The van der Waals surface area contributed by atoms with Gasteiger partial charge in [0.1, 0.15) is 0 Å². The lowest BCUT2D eigenvalue weighted by molar-refractivity contribution is -0.122. The van der Waals surface area contributed by atoms with Crippen LogP contribution in [0.2, 0.25) is 5.02 Å². The van der Waals surface area contributed by atoms with Gasteiger partial charge >= 0.3 is 0 Å². The number of pyridine rings is 1. The third-order valence-corrected chi connectivity index (χ3v) is 4.02. The Morgan fingerprint density at radius 2 is 2.05 bits per heavy atom. The second-order valence-electron chi connectivity index (χ2n) is 5.08. The average molecular weight is 296 g/mol. The highest BCUT2D eigenvalue weighted by molar-refractivity contribution is 6.33. The zero-order chi connectivity index (χ0) is 14.5. The Kier molecular flexibility index (Phi) is 4.95. The van der Waals surface area contributed by atoms with Crippen molar-refractivity contribution in [3.05, 3.63) is 29.0 Å². The average Bonchev–Trinajstić information content (AvgIpc) is 2.64. The number of hydrogen-bond donors (Lipinski definition) is 2. The van der Waals surface area contributed by atoms with E-state index in [1.807, 2.05) is 0 Å². The van der Waals surface area contributed by atoms with Crippen LogP contribution in [0.5, 0.6) is 0 Å². The molecule has 1 heterocycles. The lowest BCUT2D eigenvalue weighted by Gasteiger charge is -2.23.